The molecule has 2 amide bonds. The average molecular weight is 476 g/mol. The van der Waals surface area contributed by atoms with Gasteiger partial charge in [0.2, 0.25) is 11.8 Å². The number of nitrogens with zero attached hydrogens (tertiary/aromatic N) is 2. The minimum atomic E-state index is -0.519. The molecule has 2 aromatic carbocycles. The lowest BCUT2D eigenvalue weighted by molar-refractivity contribution is -0.116. The zero-order chi connectivity index (χ0) is 24.8. The summed E-state index contributed by atoms with van der Waals surface area (Å²) in [6, 6.07) is 15.7. The Labute approximate surface area is 205 Å². The number of benzene rings is 2. The Kier molecular flexibility index (Phi) is 7.75. The molecule has 35 heavy (non-hydrogen) atoms. The summed E-state index contributed by atoms with van der Waals surface area (Å²) < 4.78 is 20.0. The van der Waals surface area contributed by atoms with Gasteiger partial charge in [0.25, 0.3) is 5.91 Å². The third-order valence-electron chi connectivity index (χ3n) is 6.15. The number of halogens is 1. The molecule has 0 spiro atoms. The van der Waals surface area contributed by atoms with Crippen LogP contribution in [0.5, 0.6) is 5.88 Å². The molecule has 0 unspecified atom stereocenters. The van der Waals surface area contributed by atoms with Gasteiger partial charge in [-0.3, -0.25) is 9.59 Å². The summed E-state index contributed by atoms with van der Waals surface area (Å²) in [5.41, 5.74) is 3.77. The average Bonchev–Trinajstić information content (AvgIpc) is 2.86. The van der Waals surface area contributed by atoms with Crippen molar-refractivity contribution < 1.29 is 18.7 Å². The van der Waals surface area contributed by atoms with Crippen LogP contribution in [0.25, 0.3) is 0 Å². The van der Waals surface area contributed by atoms with E-state index >= 15 is 0 Å². The molecule has 1 fully saturated rings. The van der Waals surface area contributed by atoms with Crippen molar-refractivity contribution in [1.29, 1.82) is 0 Å². The first kappa shape index (κ1) is 24.4. The van der Waals surface area contributed by atoms with Crippen LogP contribution >= 0.6 is 0 Å². The Hall–Kier alpha value is -3.74. The SMILES string of the molecule is Cc1ccc(CCC(=O)Nc2ccc(F)cc2C(=O)N2CCC(Oc3ccc(C)cn3)CC2)cc1. The van der Waals surface area contributed by atoms with Crippen molar-refractivity contribution in [3.05, 3.63) is 88.9 Å². The van der Waals surface area contributed by atoms with Crippen molar-refractivity contribution >= 4 is 17.5 Å². The summed E-state index contributed by atoms with van der Waals surface area (Å²) in [5.74, 6) is -0.468. The molecule has 0 saturated carbocycles. The van der Waals surface area contributed by atoms with Crippen molar-refractivity contribution in [1.82, 2.24) is 9.88 Å². The molecular weight excluding hydrogens is 445 g/mol. The summed E-state index contributed by atoms with van der Waals surface area (Å²) in [5, 5.41) is 2.80. The first-order chi connectivity index (χ1) is 16.9. The third kappa shape index (κ3) is 6.66. The normalized spacial score (nSPS) is 14.0. The molecule has 182 valence electrons. The fourth-order valence-electron chi connectivity index (χ4n) is 4.07. The minimum Gasteiger partial charge on any atom is -0.474 e. The maximum absolute atomic E-state index is 14.0. The molecule has 1 saturated heterocycles. The van der Waals surface area contributed by atoms with Crippen LogP contribution in [0.3, 0.4) is 0 Å². The lowest BCUT2D eigenvalue weighted by Crippen LogP contribution is -2.42. The number of likely N-dealkylation sites (tertiary alicyclic amines) is 1. The van der Waals surface area contributed by atoms with Crippen molar-refractivity contribution in [2.45, 2.75) is 45.6 Å². The van der Waals surface area contributed by atoms with Crippen molar-refractivity contribution in [2.24, 2.45) is 0 Å². The fraction of sp³-hybridized carbons (Fsp3) is 0.321. The second-order valence-corrected chi connectivity index (χ2v) is 9.01. The first-order valence-electron chi connectivity index (χ1n) is 11.9. The van der Waals surface area contributed by atoms with E-state index in [1.54, 1.807) is 11.1 Å². The van der Waals surface area contributed by atoms with E-state index in [2.05, 4.69) is 10.3 Å². The van der Waals surface area contributed by atoms with Crippen molar-refractivity contribution in [3.63, 3.8) is 0 Å². The molecular formula is C28H30FN3O3. The number of amides is 2. The number of anilines is 1. The van der Waals surface area contributed by atoms with Gasteiger partial charge in [-0.15, -0.1) is 0 Å². The molecule has 6 nitrogen and oxygen atoms in total. The maximum atomic E-state index is 14.0. The van der Waals surface area contributed by atoms with Crippen molar-refractivity contribution in [2.75, 3.05) is 18.4 Å². The lowest BCUT2D eigenvalue weighted by atomic mass is 10.0. The van der Waals surface area contributed by atoms with Gasteiger partial charge in [-0.2, -0.15) is 0 Å². The van der Waals surface area contributed by atoms with Crippen LogP contribution in [0.2, 0.25) is 0 Å². The summed E-state index contributed by atoms with van der Waals surface area (Å²) >= 11 is 0. The highest BCUT2D eigenvalue weighted by atomic mass is 19.1. The van der Waals surface area contributed by atoms with E-state index in [1.807, 2.05) is 50.2 Å². The highest BCUT2D eigenvalue weighted by Gasteiger charge is 2.27. The number of aryl methyl sites for hydroxylation is 3. The number of carbonyl (C=O) groups is 2. The quantitative estimate of drug-likeness (QED) is 0.517. The van der Waals surface area contributed by atoms with Crippen LogP contribution < -0.4 is 10.1 Å². The van der Waals surface area contributed by atoms with Gasteiger partial charge in [0.15, 0.2) is 0 Å². The second kappa shape index (κ2) is 11.1. The van der Waals surface area contributed by atoms with Gasteiger partial charge in [-0.05, 0) is 49.6 Å². The zero-order valence-corrected chi connectivity index (χ0v) is 20.1. The molecule has 1 aliphatic heterocycles. The van der Waals surface area contributed by atoms with Crippen LogP contribution in [0.4, 0.5) is 10.1 Å². The predicted octanol–water partition coefficient (Wildman–Crippen LogP) is 5.09. The smallest absolute Gasteiger partial charge is 0.256 e. The van der Waals surface area contributed by atoms with Crippen LogP contribution in [0.15, 0.2) is 60.8 Å². The third-order valence-corrected chi connectivity index (χ3v) is 6.15. The molecule has 1 aromatic heterocycles. The summed E-state index contributed by atoms with van der Waals surface area (Å²) in [6.45, 7) is 4.94. The van der Waals surface area contributed by atoms with E-state index < -0.39 is 5.82 Å². The van der Waals surface area contributed by atoms with Gasteiger partial charge in [-0.1, -0.05) is 35.9 Å². The van der Waals surface area contributed by atoms with Crippen LogP contribution in [-0.2, 0) is 11.2 Å². The van der Waals surface area contributed by atoms with E-state index in [0.717, 1.165) is 16.7 Å². The van der Waals surface area contributed by atoms with Crippen LogP contribution in [0.1, 0.15) is 46.3 Å². The molecule has 0 radical (unpaired) electrons. The number of aromatic nitrogens is 1. The van der Waals surface area contributed by atoms with Gasteiger partial charge >= 0.3 is 0 Å². The van der Waals surface area contributed by atoms with E-state index in [1.165, 1.54) is 18.2 Å². The number of hydrogen-bond donors (Lipinski definition) is 1. The second-order valence-electron chi connectivity index (χ2n) is 9.01. The van der Waals surface area contributed by atoms with E-state index in [4.69, 9.17) is 4.74 Å². The Balaban J connectivity index is 1.35. The molecule has 1 aliphatic rings. The highest BCUT2D eigenvalue weighted by molar-refractivity contribution is 6.03. The summed E-state index contributed by atoms with van der Waals surface area (Å²) in [7, 11) is 0. The highest BCUT2D eigenvalue weighted by Crippen LogP contribution is 2.23. The number of pyridine rings is 1. The Bertz CT molecular complexity index is 1170. The molecule has 2 heterocycles. The monoisotopic (exact) mass is 475 g/mol. The molecule has 1 N–H and O–H groups in total. The van der Waals surface area contributed by atoms with Gasteiger partial charge in [0.1, 0.15) is 11.9 Å². The van der Waals surface area contributed by atoms with Gasteiger partial charge in [-0.25, -0.2) is 9.37 Å². The number of piperidine rings is 1. The number of hydrogen-bond acceptors (Lipinski definition) is 4. The maximum Gasteiger partial charge on any atom is 0.256 e. The van der Waals surface area contributed by atoms with Crippen LogP contribution in [-0.4, -0.2) is 40.9 Å². The summed E-state index contributed by atoms with van der Waals surface area (Å²) in [4.78, 5) is 31.8. The van der Waals surface area contributed by atoms with E-state index in [-0.39, 0.29) is 29.9 Å². The molecule has 0 bridgehead atoms. The molecule has 4 rings (SSSR count). The largest absolute Gasteiger partial charge is 0.474 e. The van der Waals surface area contributed by atoms with Gasteiger partial charge in [0, 0.05) is 44.6 Å². The van der Waals surface area contributed by atoms with Crippen LogP contribution in [0, 0.1) is 19.7 Å². The number of carbonyl (C=O) groups excluding carboxylic acids is 2. The first-order valence-corrected chi connectivity index (χ1v) is 11.9. The number of ether oxygens (including phenoxy) is 1. The number of nitrogens with one attached hydrogen (secondary N) is 1. The predicted molar refractivity (Wildman–Crippen MR) is 133 cm³/mol. The zero-order valence-electron chi connectivity index (χ0n) is 20.1. The van der Waals surface area contributed by atoms with Crippen molar-refractivity contribution in [3.8, 4) is 5.88 Å². The van der Waals surface area contributed by atoms with Gasteiger partial charge < -0.3 is 15.0 Å². The standard InChI is InChI=1S/C28H30FN3O3/c1-19-3-6-21(7-4-19)8-11-26(33)31-25-10-9-22(29)17-24(25)28(34)32-15-13-23(14-16-32)35-27-12-5-20(2)18-30-27/h3-7,9-10,12,17-18,23H,8,11,13-16H2,1-2H3,(H,31,33). The van der Waals surface area contributed by atoms with E-state index in [0.29, 0.717) is 43.9 Å². The van der Waals surface area contributed by atoms with Gasteiger partial charge in [0.05, 0.1) is 11.3 Å². The summed E-state index contributed by atoms with van der Waals surface area (Å²) in [6.07, 6.45) is 3.87. The lowest BCUT2D eigenvalue weighted by Gasteiger charge is -2.32. The van der Waals surface area contributed by atoms with E-state index in [9.17, 15) is 14.0 Å². The minimum absolute atomic E-state index is 0.0392. The topological polar surface area (TPSA) is 71.5 Å². The Morgan fingerprint density at radius 2 is 1.74 bits per heavy atom. The fourth-order valence-corrected chi connectivity index (χ4v) is 4.07. The molecule has 7 heteroatoms. The number of rotatable bonds is 7. The molecule has 0 aliphatic carbocycles. The Morgan fingerprint density at radius 1 is 1.03 bits per heavy atom. The Morgan fingerprint density at radius 3 is 2.43 bits per heavy atom. The molecule has 3 aromatic rings. The molecule has 0 atom stereocenters.